The topological polar surface area (TPSA) is 110 Å². The average Bonchev–Trinajstić information content (AvgIpc) is 3.00. The minimum Gasteiger partial charge on any atom is -0.379 e. The summed E-state index contributed by atoms with van der Waals surface area (Å²) in [6.07, 6.45) is -1.78. The average molecular weight is 411 g/mol. The van der Waals surface area contributed by atoms with Gasteiger partial charge in [0.05, 0.1) is 10.5 Å². The predicted octanol–water partition coefficient (Wildman–Crippen LogP) is 3.08. The Balaban J connectivity index is 0.00000364. The molecule has 7 nitrogen and oxygen atoms in total. The molecule has 1 aromatic rings. The van der Waals surface area contributed by atoms with Gasteiger partial charge < -0.3 is 16.4 Å². The van der Waals surface area contributed by atoms with Gasteiger partial charge in [0, 0.05) is 25.1 Å². The lowest BCUT2D eigenvalue weighted by Crippen LogP contribution is -2.40. The lowest BCUT2D eigenvalue weighted by molar-refractivity contribution is -0.384. The van der Waals surface area contributed by atoms with Crippen molar-refractivity contribution in [1.82, 2.24) is 5.32 Å². The smallest absolute Gasteiger partial charge is 0.379 e. The Labute approximate surface area is 160 Å². The Bertz CT molecular complexity index is 673. The molecule has 0 aliphatic heterocycles. The molecule has 1 aromatic carbocycles. The number of halogens is 4. The van der Waals surface area contributed by atoms with Gasteiger partial charge in [-0.2, -0.15) is 13.2 Å². The van der Waals surface area contributed by atoms with E-state index >= 15 is 0 Å². The summed E-state index contributed by atoms with van der Waals surface area (Å²) in [5.74, 6) is 0.0281. The predicted molar refractivity (Wildman–Crippen MR) is 96.8 cm³/mol. The first kappa shape index (κ1) is 23.0. The fourth-order valence-electron chi connectivity index (χ4n) is 3.11. The number of rotatable bonds is 7. The van der Waals surface area contributed by atoms with Crippen molar-refractivity contribution in [3.63, 3.8) is 0 Å². The molecule has 0 saturated heterocycles. The summed E-state index contributed by atoms with van der Waals surface area (Å²) in [4.78, 5) is 22.1. The molecule has 0 bridgehead atoms. The molecular weight excluding hydrogens is 389 g/mol. The van der Waals surface area contributed by atoms with Gasteiger partial charge in [-0.25, -0.2) is 0 Å². The fourth-order valence-corrected chi connectivity index (χ4v) is 3.11. The van der Waals surface area contributed by atoms with Gasteiger partial charge in [-0.15, -0.1) is 12.4 Å². The van der Waals surface area contributed by atoms with Crippen LogP contribution in [0.1, 0.15) is 31.2 Å². The molecule has 11 heteroatoms. The monoisotopic (exact) mass is 410 g/mol. The second kappa shape index (κ2) is 9.75. The summed E-state index contributed by atoms with van der Waals surface area (Å²) in [7, 11) is 0. The minimum atomic E-state index is -4.66. The molecule has 1 fully saturated rings. The number of nitro benzene ring substituents is 1. The molecule has 0 heterocycles. The highest BCUT2D eigenvalue weighted by Crippen LogP contribution is 2.34. The van der Waals surface area contributed by atoms with Gasteiger partial charge in [0.2, 0.25) is 5.91 Å². The molecule has 1 amide bonds. The van der Waals surface area contributed by atoms with E-state index in [0.29, 0.717) is 12.6 Å². The molecule has 0 aromatic heterocycles. The van der Waals surface area contributed by atoms with Crippen LogP contribution in [0.15, 0.2) is 18.2 Å². The van der Waals surface area contributed by atoms with E-state index in [1.807, 2.05) is 0 Å². The zero-order valence-corrected chi connectivity index (χ0v) is 15.2. The third kappa shape index (κ3) is 6.24. The molecule has 2 rings (SSSR count). The number of nitrogens with two attached hydrogens (primary N) is 1. The number of carbonyl (C=O) groups is 1. The van der Waals surface area contributed by atoms with Crippen molar-refractivity contribution in [2.45, 2.75) is 37.9 Å². The highest BCUT2D eigenvalue weighted by atomic mass is 35.5. The summed E-state index contributed by atoms with van der Waals surface area (Å²) in [5, 5.41) is 16.6. The number of hydrogen-bond acceptors (Lipinski definition) is 5. The van der Waals surface area contributed by atoms with E-state index in [2.05, 4.69) is 10.6 Å². The van der Waals surface area contributed by atoms with Crippen molar-refractivity contribution in [3.8, 4) is 0 Å². The number of carbonyl (C=O) groups excluding carboxylic acids is 1. The third-order valence-electron chi connectivity index (χ3n) is 4.50. The van der Waals surface area contributed by atoms with Crippen molar-refractivity contribution >= 4 is 29.7 Å². The highest BCUT2D eigenvalue weighted by Gasteiger charge is 2.33. The van der Waals surface area contributed by atoms with E-state index < -0.39 is 22.4 Å². The van der Waals surface area contributed by atoms with Gasteiger partial charge in [0.1, 0.15) is 5.69 Å². The van der Waals surface area contributed by atoms with E-state index in [1.54, 1.807) is 0 Å². The Kier molecular flexibility index (Phi) is 8.29. The van der Waals surface area contributed by atoms with Gasteiger partial charge in [-0.05, 0) is 37.4 Å². The van der Waals surface area contributed by atoms with Crippen LogP contribution < -0.4 is 16.4 Å². The molecule has 152 valence electrons. The van der Waals surface area contributed by atoms with Gasteiger partial charge in [-0.1, -0.05) is 6.42 Å². The van der Waals surface area contributed by atoms with E-state index in [9.17, 15) is 28.1 Å². The molecule has 2 atom stereocenters. The maximum Gasteiger partial charge on any atom is 0.416 e. The zero-order chi connectivity index (χ0) is 19.3. The Morgan fingerprint density at radius 3 is 2.63 bits per heavy atom. The van der Waals surface area contributed by atoms with Gasteiger partial charge >= 0.3 is 6.18 Å². The maximum atomic E-state index is 12.7. The second-order valence-corrected chi connectivity index (χ2v) is 6.26. The van der Waals surface area contributed by atoms with Gasteiger partial charge in [-0.3, -0.25) is 14.9 Å². The van der Waals surface area contributed by atoms with Crippen molar-refractivity contribution < 1.29 is 22.9 Å². The molecule has 0 radical (unpaired) electrons. The molecule has 1 saturated carbocycles. The molecule has 27 heavy (non-hydrogen) atoms. The number of nitro groups is 1. The largest absolute Gasteiger partial charge is 0.416 e. The number of alkyl halides is 3. The second-order valence-electron chi connectivity index (χ2n) is 6.26. The summed E-state index contributed by atoms with van der Waals surface area (Å²) >= 11 is 0. The Morgan fingerprint density at radius 2 is 2.04 bits per heavy atom. The summed E-state index contributed by atoms with van der Waals surface area (Å²) in [6, 6.07) is 2.28. The number of amides is 1. The molecule has 1 aliphatic rings. The molecule has 0 spiro atoms. The highest BCUT2D eigenvalue weighted by molar-refractivity contribution is 5.85. The number of nitrogens with zero attached hydrogens (tertiary/aromatic N) is 1. The first-order valence-corrected chi connectivity index (χ1v) is 8.31. The quantitative estimate of drug-likeness (QED) is 0.472. The van der Waals surface area contributed by atoms with Crippen LogP contribution in [-0.2, 0) is 11.0 Å². The lowest BCUT2D eigenvalue weighted by atomic mass is 10.0. The van der Waals surface area contributed by atoms with E-state index in [1.165, 1.54) is 0 Å². The van der Waals surface area contributed by atoms with Crippen molar-refractivity contribution in [1.29, 1.82) is 0 Å². The van der Waals surface area contributed by atoms with E-state index in [4.69, 9.17) is 5.73 Å². The first-order chi connectivity index (χ1) is 12.2. The van der Waals surface area contributed by atoms with Crippen LogP contribution in [0.25, 0.3) is 0 Å². The third-order valence-corrected chi connectivity index (χ3v) is 4.50. The molecule has 4 N–H and O–H groups in total. The van der Waals surface area contributed by atoms with Crippen molar-refractivity contribution in [2.24, 2.45) is 11.7 Å². The minimum absolute atomic E-state index is 0. The number of benzene rings is 1. The molecular formula is C16H22ClF3N4O3. The van der Waals surface area contributed by atoms with Crippen molar-refractivity contribution in [3.05, 3.63) is 33.9 Å². The van der Waals surface area contributed by atoms with Crippen LogP contribution in [0.5, 0.6) is 0 Å². The van der Waals surface area contributed by atoms with Crippen LogP contribution in [0, 0.1) is 16.0 Å². The van der Waals surface area contributed by atoms with Crippen molar-refractivity contribution in [2.75, 3.05) is 18.4 Å². The van der Waals surface area contributed by atoms with E-state index in [-0.39, 0.29) is 48.9 Å². The number of anilines is 1. The lowest BCUT2D eigenvalue weighted by Gasteiger charge is -2.19. The zero-order valence-electron chi connectivity index (χ0n) is 14.4. The summed E-state index contributed by atoms with van der Waals surface area (Å²) < 4.78 is 38.0. The number of nitrogens with one attached hydrogen (secondary N) is 2. The van der Waals surface area contributed by atoms with Crippen LogP contribution in [0.3, 0.4) is 0 Å². The Hall–Kier alpha value is -2.07. The normalized spacial score (nSPS) is 19.3. The SMILES string of the molecule is Cl.NCC1CCCC1NC(=O)CCNc1ccc(C(F)(F)F)cc1[N+](=O)[O-]. The summed E-state index contributed by atoms with van der Waals surface area (Å²) in [6.45, 7) is 0.568. The fraction of sp³-hybridized carbons (Fsp3) is 0.562. The van der Waals surface area contributed by atoms with Crippen LogP contribution in [-0.4, -0.2) is 30.0 Å². The molecule has 1 aliphatic carbocycles. The van der Waals surface area contributed by atoms with Crippen LogP contribution in [0.4, 0.5) is 24.5 Å². The van der Waals surface area contributed by atoms with Gasteiger partial charge in [0.25, 0.3) is 5.69 Å². The standard InChI is InChI=1S/C16H21F3N4O3.ClH/c17-16(18,19)11-4-5-13(14(8-11)23(25)26)21-7-6-15(24)22-12-3-1-2-10(12)9-20;/h4-5,8,10,12,21H,1-3,6-7,9,20H2,(H,22,24);1H. The number of hydrogen-bond donors (Lipinski definition) is 3. The molecule has 2 unspecified atom stereocenters. The van der Waals surface area contributed by atoms with E-state index in [0.717, 1.165) is 31.4 Å². The van der Waals surface area contributed by atoms with Gasteiger partial charge in [0.15, 0.2) is 0 Å². The van der Waals surface area contributed by atoms with Crippen LogP contribution in [0.2, 0.25) is 0 Å². The Morgan fingerprint density at radius 1 is 1.33 bits per heavy atom. The van der Waals surface area contributed by atoms with Crippen LogP contribution >= 0.6 is 12.4 Å². The first-order valence-electron chi connectivity index (χ1n) is 8.31. The maximum absolute atomic E-state index is 12.7. The summed E-state index contributed by atoms with van der Waals surface area (Å²) in [5.41, 5.74) is 3.82.